The smallest absolute Gasteiger partial charge is 0.0576 e. The molecule has 0 heterocycles. The van der Waals surface area contributed by atoms with Gasteiger partial charge in [-0.15, -0.1) is 0 Å². The molecule has 0 bridgehead atoms. The molecule has 0 aliphatic heterocycles. The predicted octanol–water partition coefficient (Wildman–Crippen LogP) is 3.96. The number of rotatable bonds is 3. The van der Waals surface area contributed by atoms with Gasteiger partial charge >= 0.3 is 0 Å². The standard InChI is InChI=1S/C15H16BrNOS/c1-10-3-4-15(11(2)5-10)19(18)9-12-6-13(16)8-14(17)7-12/h3-8H,9,17H2,1-2H3. The fraction of sp³-hybridized carbons (Fsp3) is 0.200. The van der Waals surface area contributed by atoms with Crippen molar-refractivity contribution in [3.8, 4) is 0 Å². The first-order chi connectivity index (χ1) is 8.95. The number of halogens is 1. The zero-order valence-corrected chi connectivity index (χ0v) is 13.3. The molecule has 1 unspecified atom stereocenters. The number of hydrogen-bond donors (Lipinski definition) is 1. The van der Waals surface area contributed by atoms with Gasteiger partial charge in [-0.1, -0.05) is 33.6 Å². The molecule has 0 radical (unpaired) electrons. The van der Waals surface area contributed by atoms with Gasteiger partial charge in [0.05, 0.1) is 16.6 Å². The SMILES string of the molecule is Cc1ccc(S(=O)Cc2cc(N)cc(Br)c2)c(C)c1. The van der Waals surface area contributed by atoms with Gasteiger partial charge in [0.25, 0.3) is 0 Å². The summed E-state index contributed by atoms with van der Waals surface area (Å²) in [6.07, 6.45) is 0. The van der Waals surface area contributed by atoms with Crippen LogP contribution in [0.2, 0.25) is 0 Å². The number of nitrogens with two attached hydrogens (primary N) is 1. The van der Waals surface area contributed by atoms with E-state index in [4.69, 9.17) is 5.73 Å². The van der Waals surface area contributed by atoms with Crippen molar-refractivity contribution in [2.75, 3.05) is 5.73 Å². The minimum atomic E-state index is -1.05. The summed E-state index contributed by atoms with van der Waals surface area (Å²) in [6.45, 7) is 4.03. The van der Waals surface area contributed by atoms with Crippen LogP contribution in [-0.4, -0.2) is 4.21 Å². The number of anilines is 1. The van der Waals surface area contributed by atoms with Crippen molar-refractivity contribution in [2.24, 2.45) is 0 Å². The topological polar surface area (TPSA) is 43.1 Å². The molecule has 0 aromatic heterocycles. The molecule has 0 amide bonds. The van der Waals surface area contributed by atoms with E-state index in [1.54, 1.807) is 0 Å². The molecule has 0 saturated heterocycles. The molecule has 0 saturated carbocycles. The van der Waals surface area contributed by atoms with Crippen molar-refractivity contribution in [1.82, 2.24) is 0 Å². The van der Waals surface area contributed by atoms with Crippen molar-refractivity contribution in [3.05, 3.63) is 57.6 Å². The lowest BCUT2D eigenvalue weighted by molar-refractivity contribution is 0.682. The monoisotopic (exact) mass is 337 g/mol. The summed E-state index contributed by atoms with van der Waals surface area (Å²) < 4.78 is 13.3. The highest BCUT2D eigenvalue weighted by molar-refractivity contribution is 9.10. The molecule has 0 aliphatic rings. The van der Waals surface area contributed by atoms with E-state index >= 15 is 0 Å². The average Bonchev–Trinajstić information content (AvgIpc) is 2.26. The molecule has 0 spiro atoms. The van der Waals surface area contributed by atoms with Crippen LogP contribution in [-0.2, 0) is 16.6 Å². The van der Waals surface area contributed by atoms with Gasteiger partial charge in [-0.05, 0) is 49.2 Å². The second kappa shape index (κ2) is 5.88. The largest absolute Gasteiger partial charge is 0.399 e. The number of benzene rings is 2. The van der Waals surface area contributed by atoms with Crippen LogP contribution in [0.5, 0.6) is 0 Å². The lowest BCUT2D eigenvalue weighted by Crippen LogP contribution is -2.00. The number of hydrogen-bond acceptors (Lipinski definition) is 2. The van der Waals surface area contributed by atoms with Crippen LogP contribution in [0.3, 0.4) is 0 Å². The van der Waals surface area contributed by atoms with Gasteiger partial charge in [-0.2, -0.15) is 0 Å². The normalized spacial score (nSPS) is 12.4. The molecule has 2 rings (SSSR count). The van der Waals surface area contributed by atoms with Gasteiger partial charge in [0, 0.05) is 15.1 Å². The van der Waals surface area contributed by atoms with Crippen LogP contribution in [0.4, 0.5) is 5.69 Å². The molecule has 0 aliphatic carbocycles. The first kappa shape index (κ1) is 14.3. The molecule has 2 nitrogen and oxygen atoms in total. The zero-order chi connectivity index (χ0) is 14.0. The van der Waals surface area contributed by atoms with E-state index in [-0.39, 0.29) is 0 Å². The summed E-state index contributed by atoms with van der Waals surface area (Å²) in [5, 5.41) is 0. The highest BCUT2D eigenvalue weighted by Crippen LogP contribution is 2.22. The Bertz CT molecular complexity index is 620. The molecule has 2 N–H and O–H groups in total. The van der Waals surface area contributed by atoms with E-state index < -0.39 is 10.8 Å². The van der Waals surface area contributed by atoms with Gasteiger partial charge in [0.1, 0.15) is 0 Å². The maximum Gasteiger partial charge on any atom is 0.0576 e. The van der Waals surface area contributed by atoms with E-state index in [0.29, 0.717) is 11.4 Å². The third-order valence-corrected chi connectivity index (χ3v) is 4.86. The Balaban J connectivity index is 2.25. The second-order valence-electron chi connectivity index (χ2n) is 4.65. The Morgan fingerprint density at radius 1 is 1.16 bits per heavy atom. The van der Waals surface area contributed by atoms with Crippen molar-refractivity contribution < 1.29 is 4.21 Å². The second-order valence-corrected chi connectivity index (χ2v) is 6.99. The van der Waals surface area contributed by atoms with Gasteiger partial charge in [0.15, 0.2) is 0 Å². The number of aryl methyl sites for hydroxylation is 2. The summed E-state index contributed by atoms with van der Waals surface area (Å²) in [4.78, 5) is 0.893. The van der Waals surface area contributed by atoms with E-state index in [1.807, 2.05) is 44.2 Å². The van der Waals surface area contributed by atoms with Crippen molar-refractivity contribution in [3.63, 3.8) is 0 Å². The van der Waals surface area contributed by atoms with Gasteiger partial charge in [-0.25, -0.2) is 0 Å². The molecule has 1 atom stereocenters. The maximum atomic E-state index is 12.4. The minimum absolute atomic E-state index is 0.480. The molecular weight excluding hydrogens is 322 g/mol. The van der Waals surface area contributed by atoms with Crippen LogP contribution >= 0.6 is 15.9 Å². The molecule has 0 fully saturated rings. The molecular formula is C15H16BrNOS. The Labute approximate surface area is 124 Å². The third-order valence-electron chi connectivity index (χ3n) is 2.85. The van der Waals surface area contributed by atoms with E-state index in [1.165, 1.54) is 5.56 Å². The van der Waals surface area contributed by atoms with Crippen LogP contribution < -0.4 is 5.73 Å². The quantitative estimate of drug-likeness (QED) is 0.861. The lowest BCUT2D eigenvalue weighted by Gasteiger charge is -2.08. The molecule has 4 heteroatoms. The zero-order valence-electron chi connectivity index (χ0n) is 10.9. The summed E-state index contributed by atoms with van der Waals surface area (Å²) in [6, 6.07) is 11.7. The highest BCUT2D eigenvalue weighted by Gasteiger charge is 2.09. The van der Waals surface area contributed by atoms with E-state index in [9.17, 15) is 4.21 Å². The maximum absolute atomic E-state index is 12.4. The van der Waals surface area contributed by atoms with Gasteiger partial charge in [-0.3, -0.25) is 4.21 Å². The first-order valence-corrected chi connectivity index (χ1v) is 8.07. The summed E-state index contributed by atoms with van der Waals surface area (Å²) in [7, 11) is -1.05. The third kappa shape index (κ3) is 3.67. The minimum Gasteiger partial charge on any atom is -0.399 e. The fourth-order valence-electron chi connectivity index (χ4n) is 2.04. The van der Waals surface area contributed by atoms with E-state index in [0.717, 1.165) is 20.5 Å². The molecule has 2 aromatic rings. The van der Waals surface area contributed by atoms with Crippen LogP contribution in [0.25, 0.3) is 0 Å². The summed E-state index contributed by atoms with van der Waals surface area (Å²) in [5.41, 5.74) is 9.71. The Morgan fingerprint density at radius 3 is 2.53 bits per heavy atom. The lowest BCUT2D eigenvalue weighted by atomic mass is 10.2. The van der Waals surface area contributed by atoms with Gasteiger partial charge in [0.2, 0.25) is 0 Å². The first-order valence-electron chi connectivity index (χ1n) is 5.96. The van der Waals surface area contributed by atoms with Crippen molar-refractivity contribution in [2.45, 2.75) is 24.5 Å². The molecule has 19 heavy (non-hydrogen) atoms. The summed E-state index contributed by atoms with van der Waals surface area (Å²) >= 11 is 3.40. The Morgan fingerprint density at radius 2 is 1.89 bits per heavy atom. The summed E-state index contributed by atoms with van der Waals surface area (Å²) in [5.74, 6) is 0.480. The number of nitrogen functional groups attached to an aromatic ring is 1. The fourth-order valence-corrected chi connectivity index (χ4v) is 3.86. The van der Waals surface area contributed by atoms with Gasteiger partial charge < -0.3 is 5.73 Å². The average molecular weight is 338 g/mol. The highest BCUT2D eigenvalue weighted by atomic mass is 79.9. The Hall–Kier alpha value is -1.13. The van der Waals surface area contributed by atoms with Crippen molar-refractivity contribution in [1.29, 1.82) is 0 Å². The molecule has 2 aromatic carbocycles. The van der Waals surface area contributed by atoms with Crippen LogP contribution in [0.1, 0.15) is 16.7 Å². The molecule has 100 valence electrons. The Kier molecular flexibility index (Phi) is 4.42. The van der Waals surface area contributed by atoms with E-state index in [2.05, 4.69) is 22.0 Å². The predicted molar refractivity (Wildman–Crippen MR) is 84.6 cm³/mol. The van der Waals surface area contributed by atoms with Crippen molar-refractivity contribution >= 4 is 32.4 Å². The van der Waals surface area contributed by atoms with Crippen LogP contribution in [0.15, 0.2) is 45.8 Å². The van der Waals surface area contributed by atoms with Crippen LogP contribution in [0, 0.1) is 13.8 Å².